The van der Waals surface area contributed by atoms with Crippen molar-refractivity contribution in [1.29, 1.82) is 5.26 Å². The summed E-state index contributed by atoms with van der Waals surface area (Å²) in [5.41, 5.74) is 3.25. The molecule has 4 nitrogen and oxygen atoms in total. The van der Waals surface area contributed by atoms with E-state index in [1.807, 2.05) is 6.92 Å². The molecule has 0 atom stereocenters. The van der Waals surface area contributed by atoms with Gasteiger partial charge in [-0.1, -0.05) is 18.2 Å². The summed E-state index contributed by atoms with van der Waals surface area (Å²) in [5, 5.41) is 17.1. The lowest BCUT2D eigenvalue weighted by molar-refractivity contribution is 0.313. The summed E-state index contributed by atoms with van der Waals surface area (Å²) in [6, 6.07) is 15.1. The molecule has 0 unspecified atom stereocenters. The lowest BCUT2D eigenvalue weighted by atomic mass is 10.0. The Morgan fingerprint density at radius 1 is 1.08 bits per heavy atom. The third-order valence-electron chi connectivity index (χ3n) is 4.69. The minimum atomic E-state index is 0.559. The Hall–Kier alpha value is -2.00. The molecule has 2 N–H and O–H groups in total. The number of nitriles is 1. The van der Waals surface area contributed by atoms with E-state index in [0.717, 1.165) is 49.3 Å². The van der Waals surface area contributed by atoms with Gasteiger partial charge in [-0.05, 0) is 66.0 Å². The maximum absolute atomic E-state index is 9.15. The topological polar surface area (TPSA) is 56.3 Å². The van der Waals surface area contributed by atoms with Crippen LogP contribution in [0.4, 0.5) is 5.69 Å². The first-order valence-corrected chi connectivity index (χ1v) is 8.95. The highest BCUT2D eigenvalue weighted by Gasteiger charge is 2.14. The van der Waals surface area contributed by atoms with Crippen LogP contribution in [0, 0.1) is 11.3 Å². The molecule has 0 saturated carbocycles. The second kappa shape index (κ2) is 7.27. The van der Waals surface area contributed by atoms with Gasteiger partial charge in [0.15, 0.2) is 0 Å². The summed E-state index contributed by atoms with van der Waals surface area (Å²) < 4.78 is 0. The first-order chi connectivity index (χ1) is 11.6. The van der Waals surface area contributed by atoms with E-state index in [1.165, 1.54) is 16.5 Å². The molecule has 3 rings (SSSR count). The van der Waals surface area contributed by atoms with Gasteiger partial charge in [0, 0.05) is 31.9 Å². The Labute approximate surface area is 147 Å². The van der Waals surface area contributed by atoms with Crippen LogP contribution in [-0.2, 0) is 0 Å². The van der Waals surface area contributed by atoms with Crippen molar-refractivity contribution < 1.29 is 0 Å². The molecular formula is C19H22N4S. The average Bonchev–Trinajstić information content (AvgIpc) is 2.62. The number of likely N-dealkylation sites (N-methyl/N-ethyl adjacent to an activating group) is 1. The molecule has 0 radical (unpaired) electrons. The van der Waals surface area contributed by atoms with E-state index in [-0.39, 0.29) is 0 Å². The van der Waals surface area contributed by atoms with E-state index >= 15 is 0 Å². The molecule has 24 heavy (non-hydrogen) atoms. The number of allylic oxidation sites excluding steroid dienone is 2. The van der Waals surface area contributed by atoms with Gasteiger partial charge in [0.25, 0.3) is 0 Å². The van der Waals surface area contributed by atoms with Gasteiger partial charge in [0.2, 0.25) is 0 Å². The summed E-state index contributed by atoms with van der Waals surface area (Å²) >= 11 is 1.01. The molecule has 0 aromatic heterocycles. The SMILES string of the molecule is C/C(=C(/C#N)SN)c1ccc2cc(N3CCN(C)CC3)ccc2c1. The van der Waals surface area contributed by atoms with Crippen LogP contribution in [0.5, 0.6) is 0 Å². The number of benzene rings is 2. The van der Waals surface area contributed by atoms with Crippen molar-refractivity contribution >= 4 is 34.0 Å². The fourth-order valence-electron chi connectivity index (χ4n) is 3.06. The van der Waals surface area contributed by atoms with E-state index < -0.39 is 0 Å². The summed E-state index contributed by atoms with van der Waals surface area (Å²) in [5.74, 6) is 0. The minimum absolute atomic E-state index is 0.559. The first kappa shape index (κ1) is 16.8. The summed E-state index contributed by atoms with van der Waals surface area (Å²) in [4.78, 5) is 5.36. The average molecular weight is 338 g/mol. The van der Waals surface area contributed by atoms with Crippen molar-refractivity contribution in [1.82, 2.24) is 4.90 Å². The van der Waals surface area contributed by atoms with E-state index in [9.17, 15) is 0 Å². The van der Waals surface area contributed by atoms with Gasteiger partial charge in [0.1, 0.15) is 11.0 Å². The Bertz CT molecular complexity index is 814. The van der Waals surface area contributed by atoms with Crippen LogP contribution in [0.2, 0.25) is 0 Å². The van der Waals surface area contributed by atoms with Crippen molar-refractivity contribution in [3.8, 4) is 6.07 Å². The maximum atomic E-state index is 9.15. The highest BCUT2D eigenvalue weighted by molar-refractivity contribution is 8.01. The van der Waals surface area contributed by atoms with Crippen molar-refractivity contribution in [3.63, 3.8) is 0 Å². The lowest BCUT2D eigenvalue weighted by Crippen LogP contribution is -2.44. The number of fused-ring (bicyclic) bond motifs is 1. The zero-order valence-corrected chi connectivity index (χ0v) is 14.9. The first-order valence-electron chi connectivity index (χ1n) is 8.08. The monoisotopic (exact) mass is 338 g/mol. The number of piperazine rings is 1. The van der Waals surface area contributed by atoms with Gasteiger partial charge in [0.05, 0.1) is 0 Å². The van der Waals surface area contributed by atoms with Gasteiger partial charge < -0.3 is 9.80 Å². The fourth-order valence-corrected chi connectivity index (χ4v) is 3.40. The van der Waals surface area contributed by atoms with Crippen molar-refractivity contribution in [2.75, 3.05) is 38.1 Å². The highest BCUT2D eigenvalue weighted by Crippen LogP contribution is 2.28. The zero-order valence-electron chi connectivity index (χ0n) is 14.1. The van der Waals surface area contributed by atoms with Gasteiger partial charge >= 0.3 is 0 Å². The fraction of sp³-hybridized carbons (Fsp3) is 0.316. The molecule has 2 aromatic carbocycles. The minimum Gasteiger partial charge on any atom is -0.369 e. The van der Waals surface area contributed by atoms with Crippen LogP contribution < -0.4 is 10.0 Å². The number of nitrogens with two attached hydrogens (primary N) is 1. The van der Waals surface area contributed by atoms with Crippen LogP contribution in [0.1, 0.15) is 12.5 Å². The molecule has 124 valence electrons. The van der Waals surface area contributed by atoms with Gasteiger partial charge in [-0.15, -0.1) is 0 Å². The summed E-state index contributed by atoms with van der Waals surface area (Å²) in [7, 11) is 2.17. The molecule has 1 fully saturated rings. The molecule has 0 aliphatic carbocycles. The second-order valence-electron chi connectivity index (χ2n) is 6.22. The number of anilines is 1. The third kappa shape index (κ3) is 3.41. The van der Waals surface area contributed by atoms with E-state index in [2.05, 4.69) is 59.3 Å². The van der Waals surface area contributed by atoms with Crippen molar-refractivity contribution in [2.45, 2.75) is 6.92 Å². The zero-order chi connectivity index (χ0) is 17.1. The van der Waals surface area contributed by atoms with Crippen LogP contribution in [0.15, 0.2) is 41.3 Å². The largest absolute Gasteiger partial charge is 0.369 e. The standard InChI is InChI=1S/C19H22N4S/c1-14(19(13-20)24-21)15-3-4-17-12-18(6-5-16(17)11-15)23-9-7-22(2)8-10-23/h3-6,11-12H,7-10,21H2,1-2H3/b19-14+. The third-order valence-corrected chi connectivity index (χ3v) is 5.32. The molecule has 5 heteroatoms. The van der Waals surface area contributed by atoms with Crippen LogP contribution >= 0.6 is 11.9 Å². The molecule has 2 aromatic rings. The predicted molar refractivity (Wildman–Crippen MR) is 104 cm³/mol. The normalized spacial score (nSPS) is 16.8. The molecule has 1 saturated heterocycles. The highest BCUT2D eigenvalue weighted by atomic mass is 32.2. The van der Waals surface area contributed by atoms with E-state index in [0.29, 0.717) is 4.91 Å². The molecule has 1 aliphatic heterocycles. The molecule has 1 heterocycles. The lowest BCUT2D eigenvalue weighted by Gasteiger charge is -2.34. The van der Waals surface area contributed by atoms with Gasteiger partial charge in [-0.2, -0.15) is 5.26 Å². The van der Waals surface area contributed by atoms with E-state index in [4.69, 9.17) is 10.4 Å². The quantitative estimate of drug-likeness (QED) is 0.686. The Morgan fingerprint density at radius 2 is 1.75 bits per heavy atom. The number of nitrogens with zero attached hydrogens (tertiary/aromatic N) is 3. The van der Waals surface area contributed by atoms with E-state index in [1.54, 1.807) is 0 Å². The van der Waals surface area contributed by atoms with Crippen LogP contribution in [-0.4, -0.2) is 38.1 Å². The molecular weight excluding hydrogens is 316 g/mol. The maximum Gasteiger partial charge on any atom is 0.108 e. The smallest absolute Gasteiger partial charge is 0.108 e. The molecule has 0 bridgehead atoms. The molecule has 1 aliphatic rings. The predicted octanol–water partition coefficient (Wildman–Crippen LogP) is 3.45. The second-order valence-corrected chi connectivity index (χ2v) is 6.86. The Morgan fingerprint density at radius 3 is 2.42 bits per heavy atom. The molecule has 0 amide bonds. The van der Waals surface area contributed by atoms with Gasteiger partial charge in [-0.3, -0.25) is 5.14 Å². The Balaban J connectivity index is 1.92. The summed E-state index contributed by atoms with van der Waals surface area (Å²) in [6.07, 6.45) is 0. The summed E-state index contributed by atoms with van der Waals surface area (Å²) in [6.45, 7) is 6.30. The van der Waals surface area contributed by atoms with Crippen molar-refractivity contribution in [3.05, 3.63) is 46.9 Å². The molecule has 0 spiro atoms. The number of rotatable bonds is 3. The number of hydrogen-bond donors (Lipinski definition) is 1. The van der Waals surface area contributed by atoms with Crippen LogP contribution in [0.3, 0.4) is 0 Å². The Kier molecular flexibility index (Phi) is 5.10. The van der Waals surface area contributed by atoms with Crippen LogP contribution in [0.25, 0.3) is 16.3 Å². The van der Waals surface area contributed by atoms with Gasteiger partial charge in [-0.25, -0.2) is 0 Å². The van der Waals surface area contributed by atoms with Crippen molar-refractivity contribution in [2.24, 2.45) is 5.14 Å². The number of hydrogen-bond acceptors (Lipinski definition) is 5.